The highest BCUT2D eigenvalue weighted by molar-refractivity contribution is 7.92. The average Bonchev–Trinajstić information content (AvgIpc) is 2.50. The molecule has 0 spiro atoms. The van der Waals surface area contributed by atoms with Gasteiger partial charge < -0.3 is 5.32 Å². The van der Waals surface area contributed by atoms with Gasteiger partial charge in [0.25, 0.3) is 0 Å². The van der Waals surface area contributed by atoms with Gasteiger partial charge in [0, 0.05) is 6.04 Å². The van der Waals surface area contributed by atoms with Crippen molar-refractivity contribution in [2.24, 2.45) is 11.8 Å². The number of sulfonamides is 1. The van der Waals surface area contributed by atoms with Crippen LogP contribution >= 0.6 is 23.2 Å². The van der Waals surface area contributed by atoms with Crippen molar-refractivity contribution in [3.05, 3.63) is 28.2 Å². The zero-order chi connectivity index (χ0) is 20.2. The Morgan fingerprint density at radius 3 is 2.04 bits per heavy atom. The number of nitrogens with zero attached hydrogens (tertiary/aromatic N) is 1. The fourth-order valence-corrected chi connectivity index (χ4v) is 4.54. The van der Waals surface area contributed by atoms with E-state index in [-0.39, 0.29) is 28.8 Å². The van der Waals surface area contributed by atoms with E-state index in [1.54, 1.807) is 13.0 Å². The van der Waals surface area contributed by atoms with Gasteiger partial charge in [0.1, 0.15) is 6.04 Å². The highest BCUT2D eigenvalue weighted by Gasteiger charge is 2.33. The Bertz CT molecular complexity index is 728. The van der Waals surface area contributed by atoms with Gasteiger partial charge in [0.05, 0.1) is 22.0 Å². The number of carbonyl (C=O) groups excluding carboxylic acids is 1. The zero-order valence-electron chi connectivity index (χ0n) is 16.1. The Labute approximate surface area is 167 Å². The van der Waals surface area contributed by atoms with Gasteiger partial charge in [-0.15, -0.1) is 0 Å². The number of halogens is 2. The van der Waals surface area contributed by atoms with E-state index in [2.05, 4.69) is 5.32 Å². The van der Waals surface area contributed by atoms with Crippen LogP contribution in [0, 0.1) is 11.8 Å². The highest BCUT2D eigenvalue weighted by atomic mass is 35.5. The molecular formula is C18H28Cl2N2O3S. The summed E-state index contributed by atoms with van der Waals surface area (Å²) >= 11 is 12.0. The third-order valence-electron chi connectivity index (χ3n) is 4.23. The fraction of sp³-hybridized carbons (Fsp3) is 0.611. The van der Waals surface area contributed by atoms with Crippen LogP contribution in [0.5, 0.6) is 0 Å². The molecule has 26 heavy (non-hydrogen) atoms. The van der Waals surface area contributed by atoms with Crippen LogP contribution < -0.4 is 9.62 Å². The van der Waals surface area contributed by atoms with Crippen LogP contribution in [0.4, 0.5) is 5.69 Å². The van der Waals surface area contributed by atoms with Crippen molar-refractivity contribution in [2.75, 3.05) is 10.6 Å². The molecule has 1 aromatic carbocycles. The summed E-state index contributed by atoms with van der Waals surface area (Å²) in [6.07, 6.45) is 1.40. The first kappa shape index (κ1) is 23.1. The van der Waals surface area contributed by atoms with Gasteiger partial charge in [0.15, 0.2) is 0 Å². The molecule has 0 radical (unpaired) electrons. The summed E-state index contributed by atoms with van der Waals surface area (Å²) in [7, 11) is -3.71. The van der Waals surface area contributed by atoms with Gasteiger partial charge in [-0.25, -0.2) is 8.42 Å². The number of hydrogen-bond donors (Lipinski definition) is 1. The minimum absolute atomic E-state index is 0.0493. The summed E-state index contributed by atoms with van der Waals surface area (Å²) in [5.74, 6) is 0.137. The first-order valence-electron chi connectivity index (χ1n) is 8.64. The number of amides is 1. The normalized spacial score (nSPS) is 13.3. The predicted octanol–water partition coefficient (Wildman–Crippen LogP) is 4.33. The van der Waals surface area contributed by atoms with Crippen LogP contribution in [0.25, 0.3) is 0 Å². The van der Waals surface area contributed by atoms with E-state index in [1.165, 1.54) is 12.1 Å². The van der Waals surface area contributed by atoms with Crippen molar-refractivity contribution >= 4 is 44.8 Å². The number of nitrogens with one attached hydrogen (secondary N) is 1. The second-order valence-corrected chi connectivity index (χ2v) is 9.78. The van der Waals surface area contributed by atoms with Crippen LogP contribution in [0.15, 0.2) is 18.2 Å². The molecular weight excluding hydrogens is 395 g/mol. The molecule has 0 saturated heterocycles. The fourth-order valence-electron chi connectivity index (χ4n) is 3.05. The standard InChI is InChI=1S/C18H28Cl2N2O3S/c1-7-16(18(23)21-17(11(2)3)12(4)5)22(26(6,24)25)13-8-9-14(19)15(20)10-13/h8-12,16-17H,7H2,1-6H3,(H,21,23)/t16-/m1/s1. The van der Waals surface area contributed by atoms with Crippen molar-refractivity contribution in [1.82, 2.24) is 5.32 Å². The van der Waals surface area contributed by atoms with Gasteiger partial charge in [-0.1, -0.05) is 57.8 Å². The van der Waals surface area contributed by atoms with Crippen LogP contribution in [0.2, 0.25) is 10.0 Å². The van der Waals surface area contributed by atoms with Crippen molar-refractivity contribution < 1.29 is 13.2 Å². The molecule has 0 fully saturated rings. The SMILES string of the molecule is CC[C@H](C(=O)NC(C(C)C)C(C)C)N(c1ccc(Cl)c(Cl)c1)S(C)(=O)=O. The van der Waals surface area contributed by atoms with Crippen LogP contribution in [0.1, 0.15) is 41.0 Å². The van der Waals surface area contributed by atoms with E-state index in [1.807, 2.05) is 27.7 Å². The number of rotatable bonds is 8. The highest BCUT2D eigenvalue weighted by Crippen LogP contribution is 2.30. The molecule has 148 valence electrons. The number of anilines is 1. The molecule has 0 aliphatic rings. The number of hydrogen-bond acceptors (Lipinski definition) is 3. The smallest absolute Gasteiger partial charge is 0.244 e. The third kappa shape index (κ3) is 5.76. The maximum absolute atomic E-state index is 12.9. The van der Waals surface area contributed by atoms with E-state index >= 15 is 0 Å². The Morgan fingerprint density at radius 1 is 1.12 bits per heavy atom. The molecule has 1 atom stereocenters. The molecule has 0 bridgehead atoms. The molecule has 1 N–H and O–H groups in total. The molecule has 1 amide bonds. The molecule has 0 aliphatic heterocycles. The predicted molar refractivity (Wildman–Crippen MR) is 109 cm³/mol. The molecule has 0 aromatic heterocycles. The Morgan fingerprint density at radius 2 is 1.65 bits per heavy atom. The number of carbonyl (C=O) groups is 1. The Hall–Kier alpha value is -0.980. The minimum atomic E-state index is -3.71. The minimum Gasteiger partial charge on any atom is -0.351 e. The molecule has 5 nitrogen and oxygen atoms in total. The lowest BCUT2D eigenvalue weighted by Gasteiger charge is -2.33. The summed E-state index contributed by atoms with van der Waals surface area (Å²) in [5.41, 5.74) is 0.314. The molecule has 1 rings (SSSR count). The van der Waals surface area contributed by atoms with Crippen LogP contribution in [0.3, 0.4) is 0 Å². The van der Waals surface area contributed by atoms with E-state index < -0.39 is 16.1 Å². The van der Waals surface area contributed by atoms with Gasteiger partial charge in [0.2, 0.25) is 15.9 Å². The lowest BCUT2D eigenvalue weighted by molar-refractivity contribution is -0.123. The van der Waals surface area contributed by atoms with E-state index in [0.29, 0.717) is 17.1 Å². The van der Waals surface area contributed by atoms with E-state index in [4.69, 9.17) is 23.2 Å². The van der Waals surface area contributed by atoms with Crippen molar-refractivity contribution in [2.45, 2.75) is 53.1 Å². The third-order valence-corrected chi connectivity index (χ3v) is 6.15. The summed E-state index contributed by atoms with van der Waals surface area (Å²) in [6.45, 7) is 9.89. The van der Waals surface area contributed by atoms with E-state index in [0.717, 1.165) is 10.6 Å². The lowest BCUT2D eigenvalue weighted by Crippen LogP contribution is -2.53. The molecule has 0 heterocycles. The summed E-state index contributed by atoms with van der Waals surface area (Å²) in [6, 6.07) is 3.61. The van der Waals surface area contributed by atoms with E-state index in [9.17, 15) is 13.2 Å². The molecule has 8 heteroatoms. The largest absolute Gasteiger partial charge is 0.351 e. The van der Waals surface area contributed by atoms with Crippen LogP contribution in [-0.2, 0) is 14.8 Å². The van der Waals surface area contributed by atoms with Crippen molar-refractivity contribution in [3.8, 4) is 0 Å². The zero-order valence-corrected chi connectivity index (χ0v) is 18.4. The van der Waals surface area contributed by atoms with Gasteiger partial charge in [-0.2, -0.15) is 0 Å². The average molecular weight is 423 g/mol. The van der Waals surface area contributed by atoms with Crippen molar-refractivity contribution in [3.63, 3.8) is 0 Å². The second-order valence-electron chi connectivity index (χ2n) is 7.10. The van der Waals surface area contributed by atoms with Crippen molar-refractivity contribution in [1.29, 1.82) is 0 Å². The molecule has 1 aromatic rings. The summed E-state index contributed by atoms with van der Waals surface area (Å²) < 4.78 is 26.0. The molecule has 0 unspecified atom stereocenters. The summed E-state index contributed by atoms with van der Waals surface area (Å²) in [5, 5.41) is 3.56. The monoisotopic (exact) mass is 422 g/mol. The first-order chi connectivity index (χ1) is 11.9. The molecule has 0 saturated carbocycles. The number of benzene rings is 1. The maximum Gasteiger partial charge on any atom is 0.244 e. The van der Waals surface area contributed by atoms with Gasteiger partial charge >= 0.3 is 0 Å². The Balaban J connectivity index is 3.30. The topological polar surface area (TPSA) is 66.5 Å². The summed E-state index contributed by atoms with van der Waals surface area (Å²) in [4.78, 5) is 12.9. The molecule has 0 aliphatic carbocycles. The van der Waals surface area contributed by atoms with Gasteiger partial charge in [-0.05, 0) is 36.5 Å². The Kier molecular flexibility index (Phi) is 8.24. The van der Waals surface area contributed by atoms with Crippen LogP contribution in [-0.4, -0.2) is 32.7 Å². The quantitative estimate of drug-likeness (QED) is 0.677. The maximum atomic E-state index is 12.9. The second kappa shape index (κ2) is 9.29. The first-order valence-corrected chi connectivity index (χ1v) is 11.2. The lowest BCUT2D eigenvalue weighted by atomic mass is 9.93. The van der Waals surface area contributed by atoms with Gasteiger partial charge in [-0.3, -0.25) is 9.10 Å².